The van der Waals surface area contributed by atoms with Crippen LogP contribution in [0, 0.1) is 0 Å². The number of aromatic nitrogens is 4. The minimum atomic E-state index is 0.714. The molecule has 178 valence electrons. The summed E-state index contributed by atoms with van der Waals surface area (Å²) in [6.45, 7) is 0. The summed E-state index contributed by atoms with van der Waals surface area (Å²) >= 11 is 0. The van der Waals surface area contributed by atoms with Crippen LogP contribution in [0.1, 0.15) is 0 Å². The van der Waals surface area contributed by atoms with Gasteiger partial charge in [0.2, 0.25) is 0 Å². The minimum Gasteiger partial charge on any atom is -0.309 e. The lowest BCUT2D eigenvalue weighted by Gasteiger charge is -2.09. The maximum atomic E-state index is 5.10. The number of hydrogen-bond acceptors (Lipinski definition) is 2. The molecule has 8 rings (SSSR count). The predicted molar refractivity (Wildman–Crippen MR) is 156 cm³/mol. The normalized spacial score (nSPS) is 11.7. The van der Waals surface area contributed by atoms with E-state index < -0.39 is 0 Å². The van der Waals surface area contributed by atoms with Gasteiger partial charge in [0.1, 0.15) is 5.65 Å². The van der Waals surface area contributed by atoms with Crippen molar-refractivity contribution in [3.8, 4) is 22.8 Å². The molecule has 4 heteroatoms. The van der Waals surface area contributed by atoms with Gasteiger partial charge in [-0.2, -0.15) is 0 Å². The van der Waals surface area contributed by atoms with Gasteiger partial charge < -0.3 is 4.57 Å². The minimum absolute atomic E-state index is 0.714. The molecule has 0 spiro atoms. The third-order valence-corrected chi connectivity index (χ3v) is 7.39. The highest BCUT2D eigenvalue weighted by Gasteiger charge is 2.16. The van der Waals surface area contributed by atoms with Crippen molar-refractivity contribution in [2.45, 2.75) is 0 Å². The largest absolute Gasteiger partial charge is 0.309 e. The molecular weight excluding hydrogens is 464 g/mol. The third-order valence-electron chi connectivity index (χ3n) is 7.39. The van der Waals surface area contributed by atoms with Crippen molar-refractivity contribution in [1.29, 1.82) is 0 Å². The van der Waals surface area contributed by atoms with Crippen LogP contribution in [0.25, 0.3) is 66.5 Å². The number of benzene rings is 5. The van der Waals surface area contributed by atoms with Crippen LogP contribution in [0.4, 0.5) is 0 Å². The molecule has 0 saturated carbocycles. The van der Waals surface area contributed by atoms with E-state index in [1.165, 1.54) is 21.8 Å². The highest BCUT2D eigenvalue weighted by Crippen LogP contribution is 2.34. The van der Waals surface area contributed by atoms with Gasteiger partial charge in [-0.15, -0.1) is 0 Å². The van der Waals surface area contributed by atoms with Crippen molar-refractivity contribution in [3.63, 3.8) is 0 Å². The fraction of sp³-hybridized carbons (Fsp3) is 0. The van der Waals surface area contributed by atoms with Gasteiger partial charge >= 0.3 is 0 Å². The lowest BCUT2D eigenvalue weighted by atomic mass is 10.1. The quantitative estimate of drug-likeness (QED) is 0.252. The molecule has 0 unspecified atom stereocenters. The van der Waals surface area contributed by atoms with Crippen molar-refractivity contribution in [2.75, 3.05) is 0 Å². The molecule has 0 N–H and O–H groups in total. The molecule has 0 amide bonds. The predicted octanol–water partition coefficient (Wildman–Crippen LogP) is 8.34. The Balaban J connectivity index is 1.29. The Labute approximate surface area is 219 Å². The Bertz CT molecular complexity index is 2060. The number of hydrogen-bond donors (Lipinski definition) is 0. The summed E-state index contributed by atoms with van der Waals surface area (Å²) < 4.78 is 4.55. The van der Waals surface area contributed by atoms with Gasteiger partial charge in [0.15, 0.2) is 5.82 Å². The number of nitrogens with zero attached hydrogens (tertiary/aromatic N) is 4. The van der Waals surface area contributed by atoms with Gasteiger partial charge in [-0.05, 0) is 54.6 Å². The molecule has 4 nitrogen and oxygen atoms in total. The van der Waals surface area contributed by atoms with E-state index in [9.17, 15) is 0 Å². The van der Waals surface area contributed by atoms with Crippen molar-refractivity contribution < 1.29 is 0 Å². The molecule has 0 bridgehead atoms. The van der Waals surface area contributed by atoms with Crippen LogP contribution < -0.4 is 0 Å². The summed E-state index contributed by atoms with van der Waals surface area (Å²) in [6.07, 6.45) is 1.96. The molecule has 38 heavy (non-hydrogen) atoms. The Hall–Kier alpha value is -5.22. The van der Waals surface area contributed by atoms with E-state index in [0.29, 0.717) is 5.82 Å². The molecular formula is C34H22N4. The van der Waals surface area contributed by atoms with E-state index in [4.69, 9.17) is 9.97 Å². The van der Waals surface area contributed by atoms with Gasteiger partial charge in [0.25, 0.3) is 0 Å². The lowest BCUT2D eigenvalue weighted by molar-refractivity contribution is 1.11. The highest BCUT2D eigenvalue weighted by atomic mass is 15.1. The van der Waals surface area contributed by atoms with Crippen LogP contribution in [-0.4, -0.2) is 19.1 Å². The van der Waals surface area contributed by atoms with E-state index in [1.54, 1.807) is 0 Å². The summed E-state index contributed by atoms with van der Waals surface area (Å²) in [7, 11) is 0. The van der Waals surface area contributed by atoms with Crippen LogP contribution in [-0.2, 0) is 0 Å². The monoisotopic (exact) mass is 486 g/mol. The standard InChI is InChI=1S/C34H22N4/c1-2-10-24(11-3-1)38-32-17-9-6-14-28(32)29-22-35-33(36-34(29)38)23-18-20-25(21-19-23)37-30-15-7-4-12-26(30)27-13-5-8-16-31(27)37/h1-22H. The SMILES string of the molecule is c1ccc(-n2c3ccccc3c3cnc(-c4ccc(-n5c6ccccc6c6ccccc65)cc4)nc32)cc1. The van der Waals surface area contributed by atoms with E-state index in [2.05, 4.69) is 130 Å². The van der Waals surface area contributed by atoms with E-state index in [1.807, 2.05) is 12.3 Å². The molecule has 3 heterocycles. The molecule has 0 saturated heterocycles. The molecule has 0 aliphatic rings. The summed E-state index contributed by atoms with van der Waals surface area (Å²) in [5.41, 5.74) is 7.63. The third kappa shape index (κ3) is 3.04. The number of rotatable bonds is 3. The molecule has 0 aliphatic heterocycles. The molecule has 0 aliphatic carbocycles. The van der Waals surface area contributed by atoms with Crippen LogP contribution in [0.15, 0.2) is 134 Å². The Morgan fingerprint density at radius 3 is 1.55 bits per heavy atom. The summed E-state index contributed by atoms with van der Waals surface area (Å²) in [5.74, 6) is 0.714. The molecule has 0 radical (unpaired) electrons. The highest BCUT2D eigenvalue weighted by molar-refractivity contribution is 6.09. The molecule has 5 aromatic carbocycles. The zero-order valence-electron chi connectivity index (χ0n) is 20.5. The smallest absolute Gasteiger partial charge is 0.161 e. The molecule has 0 fully saturated rings. The Morgan fingerprint density at radius 1 is 0.421 bits per heavy atom. The second-order valence-electron chi connectivity index (χ2n) is 9.54. The van der Waals surface area contributed by atoms with Gasteiger partial charge in [0.05, 0.1) is 16.6 Å². The topological polar surface area (TPSA) is 35.6 Å². The maximum Gasteiger partial charge on any atom is 0.161 e. The van der Waals surface area contributed by atoms with Gasteiger partial charge in [-0.1, -0.05) is 72.8 Å². The lowest BCUT2D eigenvalue weighted by Crippen LogP contribution is -1.98. The zero-order valence-corrected chi connectivity index (χ0v) is 20.5. The first-order valence-corrected chi connectivity index (χ1v) is 12.8. The van der Waals surface area contributed by atoms with Crippen molar-refractivity contribution in [2.24, 2.45) is 0 Å². The average Bonchev–Trinajstić information content (AvgIpc) is 3.50. The Morgan fingerprint density at radius 2 is 0.921 bits per heavy atom. The van der Waals surface area contributed by atoms with Crippen LogP contribution in [0.5, 0.6) is 0 Å². The fourth-order valence-electron chi connectivity index (χ4n) is 5.68. The number of fused-ring (bicyclic) bond motifs is 6. The fourth-order valence-corrected chi connectivity index (χ4v) is 5.68. The van der Waals surface area contributed by atoms with E-state index >= 15 is 0 Å². The van der Waals surface area contributed by atoms with Gasteiger partial charge in [0, 0.05) is 44.7 Å². The second kappa shape index (κ2) is 8.15. The van der Waals surface area contributed by atoms with Crippen LogP contribution in [0.2, 0.25) is 0 Å². The van der Waals surface area contributed by atoms with Crippen molar-refractivity contribution >= 4 is 43.7 Å². The molecule has 3 aromatic heterocycles. The average molecular weight is 487 g/mol. The van der Waals surface area contributed by atoms with Crippen molar-refractivity contribution in [3.05, 3.63) is 134 Å². The first kappa shape index (κ1) is 20.9. The molecule has 8 aromatic rings. The summed E-state index contributed by atoms with van der Waals surface area (Å²) in [6, 6.07) is 44.5. The van der Waals surface area contributed by atoms with Crippen LogP contribution >= 0.6 is 0 Å². The van der Waals surface area contributed by atoms with Crippen molar-refractivity contribution in [1.82, 2.24) is 19.1 Å². The van der Waals surface area contributed by atoms with E-state index in [-0.39, 0.29) is 0 Å². The van der Waals surface area contributed by atoms with Crippen LogP contribution in [0.3, 0.4) is 0 Å². The molecule has 0 atom stereocenters. The first-order valence-electron chi connectivity index (χ1n) is 12.8. The first-order chi connectivity index (χ1) is 18.9. The van der Waals surface area contributed by atoms with E-state index in [0.717, 1.165) is 38.9 Å². The number of para-hydroxylation sites is 4. The Kier molecular flexibility index (Phi) is 4.49. The van der Waals surface area contributed by atoms with Gasteiger partial charge in [-0.3, -0.25) is 4.57 Å². The van der Waals surface area contributed by atoms with Gasteiger partial charge in [-0.25, -0.2) is 9.97 Å². The maximum absolute atomic E-state index is 5.10. The zero-order chi connectivity index (χ0) is 25.1. The summed E-state index contributed by atoms with van der Waals surface area (Å²) in [5, 5.41) is 4.72. The summed E-state index contributed by atoms with van der Waals surface area (Å²) in [4.78, 5) is 9.89. The second-order valence-corrected chi connectivity index (χ2v) is 9.54.